The molecular formula is C16H22N2O. The maximum absolute atomic E-state index is 9.67. The molecule has 3 unspecified atom stereocenters. The van der Waals surface area contributed by atoms with Crippen LogP contribution >= 0.6 is 0 Å². The number of benzene rings is 1. The van der Waals surface area contributed by atoms with Crippen molar-refractivity contribution in [3.63, 3.8) is 0 Å². The van der Waals surface area contributed by atoms with Gasteiger partial charge in [-0.2, -0.15) is 5.26 Å². The summed E-state index contributed by atoms with van der Waals surface area (Å²) in [7, 11) is 1.66. The van der Waals surface area contributed by atoms with Gasteiger partial charge >= 0.3 is 0 Å². The minimum absolute atomic E-state index is 0.345. The van der Waals surface area contributed by atoms with Crippen LogP contribution in [0.4, 0.5) is 5.69 Å². The Balaban J connectivity index is 2.25. The van der Waals surface area contributed by atoms with E-state index in [1.54, 1.807) is 7.11 Å². The number of rotatable bonds is 3. The Kier molecular flexibility index (Phi) is 3.99. The molecule has 3 nitrogen and oxygen atoms in total. The van der Waals surface area contributed by atoms with Gasteiger partial charge in [-0.15, -0.1) is 0 Å². The van der Waals surface area contributed by atoms with E-state index < -0.39 is 5.54 Å². The standard InChI is InChI=1S/C16H22N2O/c1-12-6-5-9-16(11-17,13(12)2)18-14-7-4-8-15(10-14)19-3/h4,7-8,10,12-13,18H,5-6,9H2,1-3H3. The Hall–Kier alpha value is -1.69. The first-order valence-electron chi connectivity index (χ1n) is 6.95. The lowest BCUT2D eigenvalue weighted by molar-refractivity contribution is 0.206. The van der Waals surface area contributed by atoms with Crippen LogP contribution in [0.3, 0.4) is 0 Å². The molecule has 1 aromatic rings. The van der Waals surface area contributed by atoms with Gasteiger partial charge in [-0.1, -0.05) is 26.3 Å². The molecule has 1 saturated carbocycles. The molecule has 0 bridgehead atoms. The van der Waals surface area contributed by atoms with Gasteiger partial charge in [0.1, 0.15) is 11.3 Å². The molecule has 2 rings (SSSR count). The zero-order valence-electron chi connectivity index (χ0n) is 11.9. The lowest BCUT2D eigenvalue weighted by atomic mass is 9.69. The molecule has 0 spiro atoms. The summed E-state index contributed by atoms with van der Waals surface area (Å²) >= 11 is 0. The SMILES string of the molecule is COc1cccc(NC2(C#N)CCCC(C)C2C)c1. The number of anilines is 1. The number of ether oxygens (including phenoxy) is 1. The lowest BCUT2D eigenvalue weighted by Crippen LogP contribution is -2.48. The number of hydrogen-bond donors (Lipinski definition) is 1. The Bertz CT molecular complexity index is 480. The molecule has 0 heterocycles. The normalized spacial score (nSPS) is 30.4. The highest BCUT2D eigenvalue weighted by Gasteiger charge is 2.41. The predicted molar refractivity (Wildman–Crippen MR) is 77.1 cm³/mol. The molecule has 1 aliphatic rings. The number of nitrogens with zero attached hydrogens (tertiary/aromatic N) is 1. The Morgan fingerprint density at radius 1 is 1.42 bits per heavy atom. The van der Waals surface area contributed by atoms with E-state index in [-0.39, 0.29) is 0 Å². The molecule has 3 heteroatoms. The van der Waals surface area contributed by atoms with E-state index in [0.717, 1.165) is 24.3 Å². The van der Waals surface area contributed by atoms with Crippen molar-refractivity contribution in [3.8, 4) is 11.8 Å². The largest absolute Gasteiger partial charge is 0.497 e. The fourth-order valence-electron chi connectivity index (χ4n) is 2.99. The lowest BCUT2D eigenvalue weighted by Gasteiger charge is -2.42. The molecule has 0 radical (unpaired) electrons. The van der Waals surface area contributed by atoms with Crippen molar-refractivity contribution in [2.24, 2.45) is 11.8 Å². The van der Waals surface area contributed by atoms with Gasteiger partial charge in [-0.3, -0.25) is 0 Å². The first-order valence-corrected chi connectivity index (χ1v) is 6.95. The maximum atomic E-state index is 9.67. The van der Waals surface area contributed by atoms with Gasteiger partial charge in [0.05, 0.1) is 13.2 Å². The molecule has 0 aromatic heterocycles. The van der Waals surface area contributed by atoms with Gasteiger partial charge < -0.3 is 10.1 Å². The topological polar surface area (TPSA) is 45.0 Å². The van der Waals surface area contributed by atoms with Gasteiger partial charge in [0.15, 0.2) is 0 Å². The van der Waals surface area contributed by atoms with E-state index in [1.807, 2.05) is 24.3 Å². The van der Waals surface area contributed by atoms with Crippen molar-refractivity contribution >= 4 is 5.69 Å². The minimum atomic E-state index is -0.454. The highest BCUT2D eigenvalue weighted by molar-refractivity contribution is 5.52. The second-order valence-electron chi connectivity index (χ2n) is 5.60. The number of hydrogen-bond acceptors (Lipinski definition) is 3. The molecule has 1 aromatic carbocycles. The summed E-state index contributed by atoms with van der Waals surface area (Å²) < 4.78 is 5.24. The zero-order valence-corrected chi connectivity index (χ0v) is 11.9. The van der Waals surface area contributed by atoms with E-state index in [4.69, 9.17) is 4.74 Å². The first-order chi connectivity index (χ1) is 9.11. The third-order valence-electron chi connectivity index (χ3n) is 4.50. The molecule has 1 N–H and O–H groups in total. The monoisotopic (exact) mass is 258 g/mol. The first kappa shape index (κ1) is 13.7. The van der Waals surface area contributed by atoms with E-state index in [9.17, 15) is 5.26 Å². The highest BCUT2D eigenvalue weighted by atomic mass is 16.5. The number of methoxy groups -OCH3 is 1. The average molecular weight is 258 g/mol. The molecule has 0 saturated heterocycles. The van der Waals surface area contributed by atoms with Crippen LogP contribution in [0.15, 0.2) is 24.3 Å². The molecule has 1 aliphatic carbocycles. The molecule has 3 atom stereocenters. The molecule has 0 aliphatic heterocycles. The Morgan fingerprint density at radius 3 is 2.89 bits per heavy atom. The van der Waals surface area contributed by atoms with Crippen LogP contribution in [-0.2, 0) is 0 Å². The van der Waals surface area contributed by atoms with Crippen LogP contribution in [-0.4, -0.2) is 12.6 Å². The predicted octanol–water partition coefficient (Wildman–Crippen LogP) is 3.83. The highest BCUT2D eigenvalue weighted by Crippen LogP contribution is 2.39. The summed E-state index contributed by atoms with van der Waals surface area (Å²) in [5.74, 6) is 1.73. The van der Waals surface area contributed by atoms with Gasteiger partial charge in [-0.25, -0.2) is 0 Å². The van der Waals surface area contributed by atoms with Gasteiger partial charge in [0.25, 0.3) is 0 Å². The summed E-state index contributed by atoms with van der Waals surface area (Å²) in [6, 6.07) is 10.3. The molecule has 19 heavy (non-hydrogen) atoms. The molecule has 0 amide bonds. The summed E-state index contributed by atoms with van der Waals surface area (Å²) in [4.78, 5) is 0. The van der Waals surface area contributed by atoms with Crippen molar-refractivity contribution in [1.82, 2.24) is 0 Å². The molecule has 1 fully saturated rings. The van der Waals surface area contributed by atoms with Crippen molar-refractivity contribution in [3.05, 3.63) is 24.3 Å². The third kappa shape index (κ3) is 2.68. The maximum Gasteiger partial charge on any atom is 0.128 e. The van der Waals surface area contributed by atoms with Crippen LogP contribution < -0.4 is 10.1 Å². The van der Waals surface area contributed by atoms with Crippen molar-refractivity contribution in [2.75, 3.05) is 12.4 Å². The average Bonchev–Trinajstić information content (AvgIpc) is 2.44. The Labute approximate surface area is 115 Å². The minimum Gasteiger partial charge on any atom is -0.497 e. The van der Waals surface area contributed by atoms with Gasteiger partial charge in [0.2, 0.25) is 0 Å². The van der Waals surface area contributed by atoms with E-state index in [0.29, 0.717) is 11.8 Å². The van der Waals surface area contributed by atoms with Crippen molar-refractivity contribution in [1.29, 1.82) is 5.26 Å². The van der Waals surface area contributed by atoms with Crippen LogP contribution in [0.25, 0.3) is 0 Å². The van der Waals surface area contributed by atoms with Crippen molar-refractivity contribution in [2.45, 2.75) is 38.6 Å². The summed E-state index contributed by atoms with van der Waals surface area (Å²) in [5, 5.41) is 13.1. The number of nitriles is 1. The zero-order chi connectivity index (χ0) is 13.9. The smallest absolute Gasteiger partial charge is 0.128 e. The fraction of sp³-hybridized carbons (Fsp3) is 0.562. The van der Waals surface area contributed by atoms with Crippen LogP contribution in [0, 0.1) is 23.2 Å². The number of nitrogens with one attached hydrogen (secondary N) is 1. The van der Waals surface area contributed by atoms with Crippen LogP contribution in [0.5, 0.6) is 5.75 Å². The van der Waals surface area contributed by atoms with Crippen LogP contribution in [0.1, 0.15) is 33.1 Å². The fourth-order valence-corrected chi connectivity index (χ4v) is 2.99. The second-order valence-corrected chi connectivity index (χ2v) is 5.60. The van der Waals surface area contributed by atoms with E-state index in [2.05, 4.69) is 25.2 Å². The molecule has 102 valence electrons. The quantitative estimate of drug-likeness (QED) is 0.896. The molecular weight excluding hydrogens is 236 g/mol. The van der Waals surface area contributed by atoms with Gasteiger partial charge in [0, 0.05) is 11.8 Å². The van der Waals surface area contributed by atoms with Crippen molar-refractivity contribution < 1.29 is 4.74 Å². The van der Waals surface area contributed by atoms with E-state index >= 15 is 0 Å². The summed E-state index contributed by atoms with van der Waals surface area (Å²) in [6.45, 7) is 4.42. The summed E-state index contributed by atoms with van der Waals surface area (Å²) in [6.07, 6.45) is 3.23. The van der Waals surface area contributed by atoms with E-state index in [1.165, 1.54) is 6.42 Å². The van der Waals surface area contributed by atoms with Gasteiger partial charge in [-0.05, 0) is 36.8 Å². The van der Waals surface area contributed by atoms with Crippen LogP contribution in [0.2, 0.25) is 0 Å². The third-order valence-corrected chi connectivity index (χ3v) is 4.50. The summed E-state index contributed by atoms with van der Waals surface area (Å²) in [5.41, 5.74) is 0.506. The second kappa shape index (κ2) is 5.52. The Morgan fingerprint density at radius 2 is 2.21 bits per heavy atom.